The van der Waals surface area contributed by atoms with E-state index in [4.69, 9.17) is 4.42 Å². The summed E-state index contributed by atoms with van der Waals surface area (Å²) in [6.45, 7) is 0.516. The minimum atomic E-state index is -4.33. The standard InChI is InChI=1S/C19H15F3N2O/c20-19(21,22)15-9-6-14(7-10-15)8-11-18-24-17(13-25-18)12-23-16-4-2-1-3-5-16/h1-11,13,23H,12H2/b11-8+. The number of para-hydroxylation sites is 1. The molecule has 0 radical (unpaired) electrons. The van der Waals surface area contributed by atoms with Crippen LogP contribution < -0.4 is 5.32 Å². The zero-order valence-electron chi connectivity index (χ0n) is 13.1. The van der Waals surface area contributed by atoms with Gasteiger partial charge in [0.1, 0.15) is 6.26 Å². The SMILES string of the molecule is FC(F)(F)c1ccc(/C=C/c2nc(CNc3ccccc3)co2)cc1. The van der Waals surface area contributed by atoms with Gasteiger partial charge in [0.15, 0.2) is 0 Å². The highest BCUT2D eigenvalue weighted by Gasteiger charge is 2.29. The number of rotatable bonds is 5. The van der Waals surface area contributed by atoms with Crippen LogP contribution in [0.4, 0.5) is 18.9 Å². The molecular formula is C19H15F3N2O. The van der Waals surface area contributed by atoms with Gasteiger partial charge < -0.3 is 9.73 Å². The molecule has 25 heavy (non-hydrogen) atoms. The number of anilines is 1. The Morgan fingerprint density at radius 2 is 1.68 bits per heavy atom. The number of aromatic nitrogens is 1. The van der Waals surface area contributed by atoms with Crippen molar-refractivity contribution in [2.24, 2.45) is 0 Å². The minimum Gasteiger partial charge on any atom is -0.445 e. The Bertz CT molecular complexity index is 837. The summed E-state index contributed by atoms with van der Waals surface area (Å²) in [4.78, 5) is 4.30. The fourth-order valence-corrected chi connectivity index (χ4v) is 2.18. The molecule has 1 heterocycles. The molecule has 1 N–H and O–H groups in total. The molecule has 0 saturated heterocycles. The number of nitrogens with zero attached hydrogens (tertiary/aromatic N) is 1. The molecule has 0 bridgehead atoms. The van der Waals surface area contributed by atoms with Gasteiger partial charge in [0.25, 0.3) is 0 Å². The minimum absolute atomic E-state index is 0.393. The van der Waals surface area contributed by atoms with Crippen molar-refractivity contribution in [2.45, 2.75) is 12.7 Å². The van der Waals surface area contributed by atoms with E-state index in [1.807, 2.05) is 30.3 Å². The summed E-state index contributed by atoms with van der Waals surface area (Å²) in [6, 6.07) is 14.6. The molecule has 2 aromatic carbocycles. The number of oxazole rings is 1. The fraction of sp³-hybridized carbons (Fsp3) is 0.105. The predicted molar refractivity (Wildman–Crippen MR) is 90.6 cm³/mol. The molecule has 0 atom stereocenters. The first-order chi connectivity index (χ1) is 12.0. The summed E-state index contributed by atoms with van der Waals surface area (Å²) in [5, 5.41) is 3.22. The zero-order valence-corrected chi connectivity index (χ0v) is 13.1. The molecule has 128 valence electrons. The van der Waals surface area contributed by atoms with Crippen molar-refractivity contribution in [2.75, 3.05) is 5.32 Å². The van der Waals surface area contributed by atoms with E-state index in [9.17, 15) is 13.2 Å². The number of halogens is 3. The van der Waals surface area contributed by atoms with Gasteiger partial charge in [-0.25, -0.2) is 4.98 Å². The van der Waals surface area contributed by atoms with E-state index >= 15 is 0 Å². The third-order valence-electron chi connectivity index (χ3n) is 3.47. The van der Waals surface area contributed by atoms with Gasteiger partial charge in [-0.1, -0.05) is 30.3 Å². The van der Waals surface area contributed by atoms with E-state index in [-0.39, 0.29) is 0 Å². The van der Waals surface area contributed by atoms with Crippen molar-refractivity contribution in [3.8, 4) is 0 Å². The van der Waals surface area contributed by atoms with Crippen LogP contribution in [0.15, 0.2) is 65.3 Å². The second-order valence-corrected chi connectivity index (χ2v) is 5.35. The Balaban J connectivity index is 1.60. The molecule has 0 saturated carbocycles. The van der Waals surface area contributed by atoms with Gasteiger partial charge in [-0.3, -0.25) is 0 Å². The summed E-state index contributed by atoms with van der Waals surface area (Å²) in [5.74, 6) is 0.393. The Morgan fingerprint density at radius 3 is 2.36 bits per heavy atom. The van der Waals surface area contributed by atoms with E-state index in [0.717, 1.165) is 23.5 Å². The Morgan fingerprint density at radius 1 is 0.960 bits per heavy atom. The molecule has 0 aliphatic rings. The Kier molecular flexibility index (Phi) is 4.88. The molecule has 0 amide bonds. The first-order valence-corrected chi connectivity index (χ1v) is 7.59. The summed E-state index contributed by atoms with van der Waals surface area (Å²) in [6.07, 6.45) is 0.489. The first kappa shape index (κ1) is 16.8. The molecule has 3 aromatic rings. The number of benzene rings is 2. The van der Waals surface area contributed by atoms with Crippen LogP contribution in [0, 0.1) is 0 Å². The summed E-state index contributed by atoms with van der Waals surface area (Å²) >= 11 is 0. The third-order valence-corrected chi connectivity index (χ3v) is 3.47. The lowest BCUT2D eigenvalue weighted by Gasteiger charge is -2.05. The van der Waals surface area contributed by atoms with Crippen LogP contribution in [-0.2, 0) is 12.7 Å². The molecule has 3 nitrogen and oxygen atoms in total. The molecule has 0 spiro atoms. The van der Waals surface area contributed by atoms with Crippen LogP contribution in [0.5, 0.6) is 0 Å². The summed E-state index contributed by atoms with van der Waals surface area (Å²) in [5.41, 5.74) is 1.67. The highest BCUT2D eigenvalue weighted by Crippen LogP contribution is 2.29. The maximum absolute atomic E-state index is 12.5. The van der Waals surface area contributed by atoms with E-state index in [0.29, 0.717) is 18.0 Å². The second-order valence-electron chi connectivity index (χ2n) is 5.35. The van der Waals surface area contributed by atoms with Crippen LogP contribution in [0.1, 0.15) is 22.7 Å². The van der Waals surface area contributed by atoms with Crippen molar-refractivity contribution in [3.05, 3.63) is 83.6 Å². The molecular weight excluding hydrogens is 329 g/mol. The van der Waals surface area contributed by atoms with Crippen molar-refractivity contribution in [1.29, 1.82) is 0 Å². The topological polar surface area (TPSA) is 38.1 Å². The monoisotopic (exact) mass is 344 g/mol. The molecule has 0 aliphatic carbocycles. The maximum Gasteiger partial charge on any atom is 0.416 e. The molecule has 0 fully saturated rings. The van der Waals surface area contributed by atoms with Crippen LogP contribution in [-0.4, -0.2) is 4.98 Å². The smallest absolute Gasteiger partial charge is 0.416 e. The van der Waals surface area contributed by atoms with Gasteiger partial charge in [0.05, 0.1) is 17.8 Å². The lowest BCUT2D eigenvalue weighted by molar-refractivity contribution is -0.137. The van der Waals surface area contributed by atoms with Gasteiger partial charge in [-0.15, -0.1) is 0 Å². The van der Waals surface area contributed by atoms with E-state index in [1.54, 1.807) is 18.4 Å². The quantitative estimate of drug-likeness (QED) is 0.666. The van der Waals surface area contributed by atoms with Crippen LogP contribution in [0.3, 0.4) is 0 Å². The Labute approximate surface area is 142 Å². The van der Waals surface area contributed by atoms with Crippen LogP contribution in [0.2, 0.25) is 0 Å². The molecule has 6 heteroatoms. The largest absolute Gasteiger partial charge is 0.445 e. The van der Waals surface area contributed by atoms with E-state index in [1.165, 1.54) is 12.1 Å². The summed E-state index contributed by atoms with van der Waals surface area (Å²) < 4.78 is 42.9. The van der Waals surface area contributed by atoms with Gasteiger partial charge in [-0.2, -0.15) is 13.2 Å². The first-order valence-electron chi connectivity index (χ1n) is 7.59. The third kappa shape index (κ3) is 4.73. The number of alkyl halides is 3. The highest BCUT2D eigenvalue weighted by atomic mass is 19.4. The van der Waals surface area contributed by atoms with Gasteiger partial charge in [0.2, 0.25) is 5.89 Å². The lowest BCUT2D eigenvalue weighted by atomic mass is 10.1. The highest BCUT2D eigenvalue weighted by molar-refractivity contribution is 5.66. The van der Waals surface area contributed by atoms with Crippen LogP contribution in [0.25, 0.3) is 12.2 Å². The van der Waals surface area contributed by atoms with Crippen molar-refractivity contribution >= 4 is 17.8 Å². The average molecular weight is 344 g/mol. The predicted octanol–water partition coefficient (Wildman–Crippen LogP) is 5.48. The number of hydrogen-bond acceptors (Lipinski definition) is 3. The molecule has 0 aliphatic heterocycles. The Hall–Kier alpha value is -3.02. The normalized spacial score (nSPS) is 11.8. The average Bonchev–Trinajstić information content (AvgIpc) is 3.07. The van der Waals surface area contributed by atoms with Crippen molar-refractivity contribution in [1.82, 2.24) is 4.98 Å². The fourth-order valence-electron chi connectivity index (χ4n) is 2.18. The van der Waals surface area contributed by atoms with E-state index < -0.39 is 11.7 Å². The molecule has 3 rings (SSSR count). The van der Waals surface area contributed by atoms with Crippen molar-refractivity contribution < 1.29 is 17.6 Å². The molecule has 0 unspecified atom stereocenters. The van der Waals surface area contributed by atoms with Gasteiger partial charge >= 0.3 is 6.18 Å². The van der Waals surface area contributed by atoms with Gasteiger partial charge in [0, 0.05) is 11.8 Å². The summed E-state index contributed by atoms with van der Waals surface area (Å²) in [7, 11) is 0. The molecule has 1 aromatic heterocycles. The second kappa shape index (κ2) is 7.25. The van der Waals surface area contributed by atoms with Gasteiger partial charge in [-0.05, 0) is 35.9 Å². The zero-order chi connectivity index (χ0) is 17.7. The lowest BCUT2D eigenvalue weighted by Crippen LogP contribution is -2.03. The number of nitrogens with one attached hydrogen (secondary N) is 1. The van der Waals surface area contributed by atoms with E-state index in [2.05, 4.69) is 10.3 Å². The number of hydrogen-bond donors (Lipinski definition) is 1. The van der Waals surface area contributed by atoms with Crippen LogP contribution >= 0.6 is 0 Å². The maximum atomic E-state index is 12.5. The van der Waals surface area contributed by atoms with Crippen molar-refractivity contribution in [3.63, 3.8) is 0 Å².